The molecule has 1 aliphatic carbocycles. The highest BCUT2D eigenvalue weighted by Crippen LogP contribution is 2.32. The van der Waals surface area contributed by atoms with E-state index < -0.39 is 0 Å². The van der Waals surface area contributed by atoms with Crippen LogP contribution in [0.3, 0.4) is 0 Å². The number of aromatic nitrogens is 2. The molecule has 23 heavy (non-hydrogen) atoms. The van der Waals surface area contributed by atoms with Gasteiger partial charge in [0.2, 0.25) is 5.91 Å². The summed E-state index contributed by atoms with van der Waals surface area (Å²) in [4.78, 5) is 14.2. The van der Waals surface area contributed by atoms with Crippen LogP contribution in [0.2, 0.25) is 0 Å². The molecular formula is C18H22N4O. The monoisotopic (exact) mass is 310 g/mol. The smallest absolute Gasteiger partial charge is 0.225 e. The fourth-order valence-electron chi connectivity index (χ4n) is 3.37. The third kappa shape index (κ3) is 2.87. The van der Waals surface area contributed by atoms with E-state index in [4.69, 9.17) is 0 Å². The van der Waals surface area contributed by atoms with Crippen molar-refractivity contribution in [3.05, 3.63) is 30.0 Å². The third-order valence-electron chi connectivity index (χ3n) is 4.95. The van der Waals surface area contributed by atoms with Gasteiger partial charge >= 0.3 is 0 Å². The SMILES string of the molecule is Cc1nnc(NC2CCN(C(=O)C3CC3)CC2)c2ccccc12. The van der Waals surface area contributed by atoms with E-state index in [0.29, 0.717) is 17.9 Å². The van der Waals surface area contributed by atoms with Crippen LogP contribution in [0.1, 0.15) is 31.4 Å². The van der Waals surface area contributed by atoms with E-state index in [9.17, 15) is 4.79 Å². The lowest BCUT2D eigenvalue weighted by Gasteiger charge is -2.33. The summed E-state index contributed by atoms with van der Waals surface area (Å²) < 4.78 is 0. The minimum Gasteiger partial charge on any atom is -0.365 e. The number of rotatable bonds is 3. The average molecular weight is 310 g/mol. The molecule has 2 heterocycles. The van der Waals surface area contributed by atoms with Gasteiger partial charge in [-0.15, -0.1) is 5.10 Å². The Labute approximate surface area is 136 Å². The number of hydrogen-bond donors (Lipinski definition) is 1. The first-order valence-corrected chi connectivity index (χ1v) is 8.50. The molecule has 2 fully saturated rings. The standard InChI is InChI=1S/C18H22N4O/c1-12-15-4-2-3-5-16(15)17(21-20-12)19-14-8-10-22(11-9-14)18(23)13-6-7-13/h2-5,13-14H,6-11H2,1H3,(H,19,21). The van der Waals surface area contributed by atoms with Crippen LogP contribution in [0.25, 0.3) is 10.8 Å². The number of amides is 1. The Morgan fingerprint density at radius 1 is 1.09 bits per heavy atom. The lowest BCUT2D eigenvalue weighted by Crippen LogP contribution is -2.43. The van der Waals surface area contributed by atoms with Gasteiger partial charge in [0.05, 0.1) is 5.69 Å². The average Bonchev–Trinajstić information content (AvgIpc) is 3.43. The zero-order valence-electron chi connectivity index (χ0n) is 13.5. The first-order valence-electron chi connectivity index (χ1n) is 8.50. The number of fused-ring (bicyclic) bond motifs is 1. The molecule has 120 valence electrons. The summed E-state index contributed by atoms with van der Waals surface area (Å²) in [5.74, 6) is 1.55. The highest BCUT2D eigenvalue weighted by molar-refractivity contribution is 5.92. The van der Waals surface area contributed by atoms with Crippen LogP contribution in [0.4, 0.5) is 5.82 Å². The van der Waals surface area contributed by atoms with Crippen molar-refractivity contribution in [2.75, 3.05) is 18.4 Å². The molecule has 0 spiro atoms. The van der Waals surface area contributed by atoms with Gasteiger partial charge in [-0.25, -0.2) is 0 Å². The number of nitrogens with zero attached hydrogens (tertiary/aromatic N) is 3. The number of anilines is 1. The molecule has 5 nitrogen and oxygen atoms in total. The van der Waals surface area contributed by atoms with Crippen molar-refractivity contribution >= 4 is 22.5 Å². The normalized spacial score (nSPS) is 19.1. The molecule has 0 atom stereocenters. The fraction of sp³-hybridized carbons (Fsp3) is 0.500. The Morgan fingerprint density at radius 2 is 1.78 bits per heavy atom. The van der Waals surface area contributed by atoms with Gasteiger partial charge in [0.25, 0.3) is 0 Å². The first-order chi connectivity index (χ1) is 11.2. The van der Waals surface area contributed by atoms with Crippen LogP contribution < -0.4 is 5.32 Å². The highest BCUT2D eigenvalue weighted by atomic mass is 16.2. The maximum Gasteiger partial charge on any atom is 0.225 e. The van der Waals surface area contributed by atoms with Crippen molar-refractivity contribution < 1.29 is 4.79 Å². The number of piperidine rings is 1. The van der Waals surface area contributed by atoms with Crippen LogP contribution in [0.15, 0.2) is 24.3 Å². The molecule has 1 amide bonds. The van der Waals surface area contributed by atoms with Crippen LogP contribution in [0.5, 0.6) is 0 Å². The Kier molecular flexibility index (Phi) is 3.63. The second-order valence-corrected chi connectivity index (χ2v) is 6.70. The van der Waals surface area contributed by atoms with Gasteiger partial charge in [-0.2, -0.15) is 5.10 Å². The van der Waals surface area contributed by atoms with E-state index in [-0.39, 0.29) is 0 Å². The largest absolute Gasteiger partial charge is 0.365 e. The summed E-state index contributed by atoms with van der Waals surface area (Å²) in [6.07, 6.45) is 4.12. The lowest BCUT2D eigenvalue weighted by atomic mass is 10.0. The maximum atomic E-state index is 12.1. The molecule has 1 saturated carbocycles. The zero-order chi connectivity index (χ0) is 15.8. The van der Waals surface area contributed by atoms with Gasteiger partial charge < -0.3 is 10.2 Å². The van der Waals surface area contributed by atoms with Crippen molar-refractivity contribution in [2.45, 2.75) is 38.6 Å². The zero-order valence-corrected chi connectivity index (χ0v) is 13.5. The summed E-state index contributed by atoms with van der Waals surface area (Å²) >= 11 is 0. The molecule has 0 radical (unpaired) electrons. The van der Waals surface area contributed by atoms with Crippen LogP contribution in [-0.2, 0) is 4.79 Å². The Bertz CT molecular complexity index is 733. The van der Waals surface area contributed by atoms with Gasteiger partial charge in [0.15, 0.2) is 5.82 Å². The van der Waals surface area contributed by atoms with Crippen LogP contribution >= 0.6 is 0 Å². The summed E-state index contributed by atoms with van der Waals surface area (Å²) in [6, 6.07) is 8.60. The van der Waals surface area contributed by atoms with Crippen LogP contribution in [0, 0.1) is 12.8 Å². The minimum absolute atomic E-state index is 0.325. The van der Waals surface area contributed by atoms with Gasteiger partial charge in [-0.3, -0.25) is 4.79 Å². The number of carbonyl (C=O) groups is 1. The molecule has 2 aromatic rings. The summed E-state index contributed by atoms with van der Waals surface area (Å²) in [5.41, 5.74) is 0.955. The van der Waals surface area contributed by atoms with Crippen molar-refractivity contribution in [1.29, 1.82) is 0 Å². The molecule has 1 aromatic heterocycles. The lowest BCUT2D eigenvalue weighted by molar-refractivity contribution is -0.133. The summed E-state index contributed by atoms with van der Waals surface area (Å²) in [5, 5.41) is 14.4. The van der Waals surface area contributed by atoms with Gasteiger partial charge in [0, 0.05) is 35.8 Å². The van der Waals surface area contributed by atoms with Crippen LogP contribution in [-0.4, -0.2) is 40.1 Å². The number of nitrogens with one attached hydrogen (secondary N) is 1. The van der Waals surface area contributed by atoms with E-state index in [1.54, 1.807) is 0 Å². The number of likely N-dealkylation sites (tertiary alicyclic amines) is 1. The first kappa shape index (κ1) is 14.4. The quantitative estimate of drug-likeness (QED) is 0.947. The maximum absolute atomic E-state index is 12.1. The molecule has 1 aromatic carbocycles. The Morgan fingerprint density at radius 3 is 2.48 bits per heavy atom. The molecule has 4 rings (SSSR count). The summed E-state index contributed by atoms with van der Waals surface area (Å²) in [6.45, 7) is 3.69. The van der Waals surface area contributed by atoms with Gasteiger partial charge in [-0.1, -0.05) is 24.3 Å². The van der Waals surface area contributed by atoms with E-state index in [2.05, 4.69) is 27.6 Å². The minimum atomic E-state index is 0.325. The Balaban J connectivity index is 1.45. The summed E-state index contributed by atoms with van der Waals surface area (Å²) in [7, 11) is 0. The Hall–Kier alpha value is -2.17. The van der Waals surface area contributed by atoms with E-state index in [0.717, 1.165) is 61.1 Å². The molecule has 5 heteroatoms. The molecule has 1 saturated heterocycles. The fourth-order valence-corrected chi connectivity index (χ4v) is 3.37. The number of hydrogen-bond acceptors (Lipinski definition) is 4. The molecule has 1 N–H and O–H groups in total. The van der Waals surface area contributed by atoms with E-state index in [1.165, 1.54) is 0 Å². The van der Waals surface area contributed by atoms with E-state index >= 15 is 0 Å². The predicted molar refractivity (Wildman–Crippen MR) is 90.2 cm³/mol. The second kappa shape index (κ2) is 5.80. The molecule has 2 aliphatic rings. The predicted octanol–water partition coefficient (Wildman–Crippen LogP) is 2.75. The number of benzene rings is 1. The highest BCUT2D eigenvalue weighted by Gasteiger charge is 2.34. The van der Waals surface area contributed by atoms with Gasteiger partial charge in [-0.05, 0) is 32.6 Å². The molecule has 1 aliphatic heterocycles. The molecule has 0 bridgehead atoms. The number of carbonyl (C=O) groups excluding carboxylic acids is 1. The van der Waals surface area contributed by atoms with Crippen molar-refractivity contribution in [3.8, 4) is 0 Å². The molecule has 0 unspecified atom stereocenters. The van der Waals surface area contributed by atoms with Gasteiger partial charge in [0.1, 0.15) is 0 Å². The number of aryl methyl sites for hydroxylation is 1. The topological polar surface area (TPSA) is 58.1 Å². The van der Waals surface area contributed by atoms with Crippen molar-refractivity contribution in [2.24, 2.45) is 5.92 Å². The van der Waals surface area contributed by atoms with Crippen molar-refractivity contribution in [1.82, 2.24) is 15.1 Å². The van der Waals surface area contributed by atoms with E-state index in [1.807, 2.05) is 24.0 Å². The third-order valence-corrected chi connectivity index (χ3v) is 4.95. The molecular weight excluding hydrogens is 288 g/mol. The second-order valence-electron chi connectivity index (χ2n) is 6.70. The van der Waals surface area contributed by atoms with Crippen molar-refractivity contribution in [3.63, 3.8) is 0 Å².